The molecule has 1 atom stereocenters. The number of hydrogen-bond donors (Lipinski definition) is 2. The lowest BCUT2D eigenvalue weighted by Crippen LogP contribution is -2.51. The van der Waals surface area contributed by atoms with Gasteiger partial charge in [-0.3, -0.25) is 19.3 Å². The number of nitrogens with zero attached hydrogens (tertiary/aromatic N) is 2. The minimum Gasteiger partial charge on any atom is -0.355 e. The molecule has 1 unspecified atom stereocenters. The van der Waals surface area contributed by atoms with Crippen LogP contribution in [0.4, 0.5) is 0 Å². The fourth-order valence-electron chi connectivity index (χ4n) is 4.38. The van der Waals surface area contributed by atoms with E-state index in [1.54, 1.807) is 0 Å². The molecule has 1 aromatic carbocycles. The molecule has 2 saturated heterocycles. The number of benzene rings is 1. The fraction of sp³-hybridized carbons (Fsp3) is 0.625. The Bertz CT molecular complexity index is 732. The van der Waals surface area contributed by atoms with Crippen LogP contribution in [0.1, 0.15) is 44.6 Å². The molecule has 3 amide bonds. The second kappa shape index (κ2) is 11.8. The van der Waals surface area contributed by atoms with Crippen LogP contribution >= 0.6 is 0 Å². The van der Waals surface area contributed by atoms with Gasteiger partial charge >= 0.3 is 0 Å². The lowest BCUT2D eigenvalue weighted by molar-refractivity contribution is -0.135. The Balaban J connectivity index is 1.40. The first-order valence-electron chi connectivity index (χ1n) is 11.7. The van der Waals surface area contributed by atoms with Crippen LogP contribution in [0.2, 0.25) is 0 Å². The summed E-state index contributed by atoms with van der Waals surface area (Å²) in [6.07, 6.45) is 4.74. The summed E-state index contributed by atoms with van der Waals surface area (Å²) in [5, 5.41) is 6.11. The fourth-order valence-corrected chi connectivity index (χ4v) is 4.38. The summed E-state index contributed by atoms with van der Waals surface area (Å²) in [4.78, 5) is 41.4. The Morgan fingerprint density at radius 3 is 2.48 bits per heavy atom. The maximum Gasteiger partial charge on any atom is 0.234 e. The van der Waals surface area contributed by atoms with Crippen molar-refractivity contribution in [2.75, 3.05) is 39.3 Å². The summed E-state index contributed by atoms with van der Waals surface area (Å²) in [5.41, 5.74) is 1.01. The molecule has 2 aliphatic rings. The van der Waals surface area contributed by atoms with Crippen LogP contribution in [-0.2, 0) is 20.8 Å². The zero-order chi connectivity index (χ0) is 22.1. The van der Waals surface area contributed by atoms with E-state index >= 15 is 0 Å². The quantitative estimate of drug-likeness (QED) is 0.659. The summed E-state index contributed by atoms with van der Waals surface area (Å²) < 4.78 is 0. The summed E-state index contributed by atoms with van der Waals surface area (Å²) in [7, 11) is 0. The molecule has 2 aliphatic heterocycles. The number of rotatable bonds is 8. The molecule has 1 aromatic rings. The van der Waals surface area contributed by atoms with Crippen molar-refractivity contribution in [2.24, 2.45) is 5.92 Å². The van der Waals surface area contributed by atoms with Gasteiger partial charge in [0.2, 0.25) is 17.7 Å². The highest BCUT2D eigenvalue weighted by molar-refractivity contribution is 5.82. The zero-order valence-corrected chi connectivity index (χ0v) is 18.6. The molecule has 0 saturated carbocycles. The van der Waals surface area contributed by atoms with Crippen molar-refractivity contribution in [1.29, 1.82) is 0 Å². The number of carbonyl (C=O) groups excluding carboxylic acids is 3. The zero-order valence-electron chi connectivity index (χ0n) is 18.6. The Morgan fingerprint density at radius 1 is 1.03 bits per heavy atom. The Hall–Kier alpha value is -2.41. The van der Waals surface area contributed by atoms with Crippen molar-refractivity contribution in [3.63, 3.8) is 0 Å². The molecule has 2 fully saturated rings. The molecule has 170 valence electrons. The molecule has 2 N–H and O–H groups in total. The van der Waals surface area contributed by atoms with Gasteiger partial charge in [0.1, 0.15) is 0 Å². The van der Waals surface area contributed by atoms with Crippen molar-refractivity contribution in [3.8, 4) is 0 Å². The maximum absolute atomic E-state index is 12.8. The lowest BCUT2D eigenvalue weighted by atomic mass is 9.95. The van der Waals surface area contributed by atoms with E-state index in [2.05, 4.69) is 15.5 Å². The van der Waals surface area contributed by atoms with Gasteiger partial charge in [-0.25, -0.2) is 0 Å². The summed E-state index contributed by atoms with van der Waals surface area (Å²) >= 11 is 0. The number of carbonyl (C=O) groups is 3. The highest BCUT2D eigenvalue weighted by atomic mass is 16.2. The van der Waals surface area contributed by atoms with E-state index in [0.717, 1.165) is 63.8 Å². The molecular weight excluding hydrogens is 392 g/mol. The summed E-state index contributed by atoms with van der Waals surface area (Å²) in [5.74, 6) is 0.104. The average Bonchev–Trinajstić information content (AvgIpc) is 2.79. The number of hydrogen-bond acceptors (Lipinski definition) is 4. The van der Waals surface area contributed by atoms with Gasteiger partial charge in [0.25, 0.3) is 0 Å². The topological polar surface area (TPSA) is 81.8 Å². The van der Waals surface area contributed by atoms with Crippen LogP contribution in [0.15, 0.2) is 30.3 Å². The van der Waals surface area contributed by atoms with E-state index < -0.39 is 0 Å². The van der Waals surface area contributed by atoms with Gasteiger partial charge in [0.05, 0.1) is 18.9 Å². The first kappa shape index (κ1) is 23.3. The van der Waals surface area contributed by atoms with Crippen LogP contribution < -0.4 is 10.6 Å². The van der Waals surface area contributed by atoms with Gasteiger partial charge in [0.15, 0.2) is 0 Å². The van der Waals surface area contributed by atoms with E-state index in [9.17, 15) is 14.4 Å². The standard InChI is InChI=1S/C24H36N4O3/c1-2-12-25-22(29)18-27-14-10-21(11-15-27)26-24(31)20-9-6-13-28(17-20)23(30)16-19-7-4-3-5-8-19/h3-5,7-8,20-21H,2,6,9-18H2,1H3,(H,25,29)(H,26,31). The second-order valence-corrected chi connectivity index (χ2v) is 8.75. The smallest absolute Gasteiger partial charge is 0.234 e. The van der Waals surface area contributed by atoms with Gasteiger partial charge in [-0.2, -0.15) is 0 Å². The molecule has 31 heavy (non-hydrogen) atoms. The molecule has 0 aliphatic carbocycles. The number of likely N-dealkylation sites (tertiary alicyclic amines) is 2. The predicted molar refractivity (Wildman–Crippen MR) is 120 cm³/mol. The molecule has 3 rings (SSSR count). The van der Waals surface area contributed by atoms with Crippen molar-refractivity contribution >= 4 is 17.7 Å². The van der Waals surface area contributed by atoms with Gasteiger partial charge < -0.3 is 15.5 Å². The van der Waals surface area contributed by atoms with Crippen molar-refractivity contribution < 1.29 is 14.4 Å². The average molecular weight is 429 g/mol. The van der Waals surface area contributed by atoms with Crippen LogP contribution in [0.3, 0.4) is 0 Å². The van der Waals surface area contributed by atoms with Crippen LogP contribution in [0.25, 0.3) is 0 Å². The third kappa shape index (κ3) is 7.35. The summed E-state index contributed by atoms with van der Waals surface area (Å²) in [6.45, 7) is 6.06. The van der Waals surface area contributed by atoms with E-state index in [1.165, 1.54) is 0 Å². The van der Waals surface area contributed by atoms with Crippen LogP contribution in [0, 0.1) is 5.92 Å². The monoisotopic (exact) mass is 428 g/mol. The highest BCUT2D eigenvalue weighted by Gasteiger charge is 2.30. The van der Waals surface area contributed by atoms with E-state index in [-0.39, 0.29) is 29.7 Å². The van der Waals surface area contributed by atoms with E-state index in [0.29, 0.717) is 19.5 Å². The van der Waals surface area contributed by atoms with E-state index in [1.807, 2.05) is 42.2 Å². The van der Waals surface area contributed by atoms with Crippen molar-refractivity contribution in [1.82, 2.24) is 20.4 Å². The Kier molecular flexibility index (Phi) is 8.88. The lowest BCUT2D eigenvalue weighted by Gasteiger charge is -2.35. The van der Waals surface area contributed by atoms with Crippen molar-refractivity contribution in [2.45, 2.75) is 51.5 Å². The number of amides is 3. The number of nitrogens with one attached hydrogen (secondary N) is 2. The van der Waals surface area contributed by atoms with Crippen molar-refractivity contribution in [3.05, 3.63) is 35.9 Å². The molecule has 0 bridgehead atoms. The summed E-state index contributed by atoms with van der Waals surface area (Å²) in [6, 6.07) is 9.91. The van der Waals surface area contributed by atoms with E-state index in [4.69, 9.17) is 0 Å². The normalized spacial score (nSPS) is 20.3. The predicted octanol–water partition coefficient (Wildman–Crippen LogP) is 1.57. The first-order valence-corrected chi connectivity index (χ1v) is 11.7. The molecule has 7 heteroatoms. The SMILES string of the molecule is CCCNC(=O)CN1CCC(NC(=O)C2CCCN(C(=O)Cc3ccccc3)C2)CC1. The third-order valence-corrected chi connectivity index (χ3v) is 6.22. The Morgan fingerprint density at radius 2 is 1.77 bits per heavy atom. The van der Waals surface area contributed by atoms with Gasteiger partial charge in [-0.05, 0) is 37.7 Å². The van der Waals surface area contributed by atoms with Gasteiger partial charge in [-0.15, -0.1) is 0 Å². The largest absolute Gasteiger partial charge is 0.355 e. The molecule has 0 radical (unpaired) electrons. The first-order chi connectivity index (χ1) is 15.0. The Labute approximate surface area is 185 Å². The second-order valence-electron chi connectivity index (χ2n) is 8.75. The number of piperidine rings is 2. The molecule has 7 nitrogen and oxygen atoms in total. The third-order valence-electron chi connectivity index (χ3n) is 6.22. The highest BCUT2D eigenvalue weighted by Crippen LogP contribution is 2.19. The van der Waals surface area contributed by atoms with Gasteiger partial charge in [0, 0.05) is 38.8 Å². The van der Waals surface area contributed by atoms with Crippen LogP contribution in [-0.4, -0.2) is 72.8 Å². The van der Waals surface area contributed by atoms with Gasteiger partial charge in [-0.1, -0.05) is 37.3 Å². The minimum atomic E-state index is -0.133. The molecule has 0 spiro atoms. The molecular formula is C24H36N4O3. The molecule has 0 aromatic heterocycles. The maximum atomic E-state index is 12.8. The van der Waals surface area contributed by atoms with Crippen LogP contribution in [0.5, 0.6) is 0 Å². The minimum absolute atomic E-state index is 0.0661. The molecule has 2 heterocycles.